The van der Waals surface area contributed by atoms with Crippen LogP contribution in [-0.2, 0) is 11.3 Å². The Morgan fingerprint density at radius 1 is 1.52 bits per heavy atom. The average Bonchev–Trinajstić information content (AvgIpc) is 2.90. The lowest BCUT2D eigenvalue weighted by atomic mass is 9.96. The van der Waals surface area contributed by atoms with E-state index in [1.165, 1.54) is 0 Å². The second-order valence-corrected chi connectivity index (χ2v) is 6.38. The number of rotatable bonds is 6. The van der Waals surface area contributed by atoms with Gasteiger partial charge in [-0.2, -0.15) is 0 Å². The van der Waals surface area contributed by atoms with Crippen molar-refractivity contribution in [3.8, 4) is 0 Å². The number of aromatic nitrogens is 1. The van der Waals surface area contributed by atoms with Crippen LogP contribution in [0.1, 0.15) is 38.2 Å². The van der Waals surface area contributed by atoms with Crippen LogP contribution in [0.3, 0.4) is 0 Å². The van der Waals surface area contributed by atoms with E-state index < -0.39 is 0 Å². The molecule has 0 aromatic carbocycles. The number of pyridine rings is 1. The highest BCUT2D eigenvalue weighted by Crippen LogP contribution is 2.32. The Morgan fingerprint density at radius 2 is 2.33 bits per heavy atom. The number of hydrogen-bond acceptors (Lipinski definition) is 3. The fourth-order valence-electron chi connectivity index (χ4n) is 2.97. The fraction of sp³-hybridized carbons (Fsp3) is 0.562. The molecule has 0 bridgehead atoms. The van der Waals surface area contributed by atoms with Gasteiger partial charge in [0.1, 0.15) is 0 Å². The van der Waals surface area contributed by atoms with Crippen molar-refractivity contribution >= 4 is 23.1 Å². The van der Waals surface area contributed by atoms with Gasteiger partial charge in [-0.25, -0.2) is 0 Å². The van der Waals surface area contributed by atoms with Gasteiger partial charge in [-0.3, -0.25) is 9.78 Å². The molecule has 2 rings (SSSR count). The molecule has 0 saturated heterocycles. The first-order valence-electron chi connectivity index (χ1n) is 7.54. The molecular formula is C16H23N3OS. The number of nitrogens with zero attached hydrogens (tertiary/aromatic N) is 2. The minimum atomic E-state index is 0.146. The van der Waals surface area contributed by atoms with Crippen molar-refractivity contribution in [3.63, 3.8) is 0 Å². The van der Waals surface area contributed by atoms with Gasteiger partial charge in [0.15, 0.2) is 0 Å². The molecule has 21 heavy (non-hydrogen) atoms. The Hall–Kier alpha value is -1.49. The Morgan fingerprint density at radius 3 is 2.90 bits per heavy atom. The van der Waals surface area contributed by atoms with Gasteiger partial charge in [0.05, 0.1) is 4.99 Å². The zero-order valence-corrected chi connectivity index (χ0v) is 13.3. The summed E-state index contributed by atoms with van der Waals surface area (Å²) in [6, 6.07) is 3.88. The lowest BCUT2D eigenvalue weighted by Gasteiger charge is -2.27. The SMILES string of the molecule is CC1CCCC1C(=O)N(CCC(N)=S)Cc1cccnc1. The number of hydrogen-bond donors (Lipinski definition) is 1. The van der Waals surface area contributed by atoms with Gasteiger partial charge in [0.25, 0.3) is 0 Å². The molecule has 1 aromatic heterocycles. The molecule has 0 spiro atoms. The van der Waals surface area contributed by atoms with Crippen LogP contribution in [-0.4, -0.2) is 27.3 Å². The number of carbonyl (C=O) groups excluding carboxylic acids is 1. The molecule has 1 fully saturated rings. The van der Waals surface area contributed by atoms with Gasteiger partial charge in [-0.1, -0.05) is 31.6 Å². The molecule has 114 valence electrons. The fourth-order valence-corrected chi connectivity index (χ4v) is 3.06. The van der Waals surface area contributed by atoms with Gasteiger partial charge in [-0.05, 0) is 30.4 Å². The van der Waals surface area contributed by atoms with E-state index in [1.807, 2.05) is 17.0 Å². The smallest absolute Gasteiger partial charge is 0.226 e. The highest BCUT2D eigenvalue weighted by atomic mass is 32.1. The van der Waals surface area contributed by atoms with Crippen LogP contribution in [0.25, 0.3) is 0 Å². The molecule has 5 heteroatoms. The van der Waals surface area contributed by atoms with Crippen molar-refractivity contribution in [2.24, 2.45) is 17.6 Å². The number of amides is 1. The van der Waals surface area contributed by atoms with E-state index in [1.54, 1.807) is 12.4 Å². The molecule has 1 aromatic rings. The predicted octanol–water partition coefficient (Wildman–Crippen LogP) is 2.52. The molecule has 1 saturated carbocycles. The van der Waals surface area contributed by atoms with Gasteiger partial charge >= 0.3 is 0 Å². The highest BCUT2D eigenvalue weighted by Gasteiger charge is 2.32. The van der Waals surface area contributed by atoms with Crippen LogP contribution in [0.2, 0.25) is 0 Å². The van der Waals surface area contributed by atoms with Gasteiger partial charge < -0.3 is 10.6 Å². The molecule has 2 unspecified atom stereocenters. The molecule has 1 amide bonds. The summed E-state index contributed by atoms with van der Waals surface area (Å²) >= 11 is 4.95. The van der Waals surface area contributed by atoms with Gasteiger partial charge in [-0.15, -0.1) is 0 Å². The van der Waals surface area contributed by atoms with Crippen molar-refractivity contribution in [2.45, 2.75) is 39.2 Å². The molecular weight excluding hydrogens is 282 g/mol. The minimum Gasteiger partial charge on any atom is -0.393 e. The molecule has 1 aliphatic carbocycles. The normalized spacial score (nSPS) is 21.2. The zero-order chi connectivity index (χ0) is 15.2. The average molecular weight is 305 g/mol. The first-order chi connectivity index (χ1) is 10.1. The lowest BCUT2D eigenvalue weighted by molar-refractivity contribution is -0.137. The third-order valence-electron chi connectivity index (χ3n) is 4.21. The van der Waals surface area contributed by atoms with Crippen LogP contribution in [0.4, 0.5) is 0 Å². The molecule has 1 heterocycles. The van der Waals surface area contributed by atoms with E-state index in [0.29, 0.717) is 30.4 Å². The van der Waals surface area contributed by atoms with Crippen LogP contribution in [0.5, 0.6) is 0 Å². The van der Waals surface area contributed by atoms with Crippen LogP contribution in [0, 0.1) is 11.8 Å². The maximum Gasteiger partial charge on any atom is 0.226 e. The van der Waals surface area contributed by atoms with Gasteiger partial charge in [0, 0.05) is 37.8 Å². The first-order valence-corrected chi connectivity index (χ1v) is 7.94. The standard InChI is InChI=1S/C16H23N3OS/c1-12-4-2-6-14(12)16(20)19(9-7-15(17)21)11-13-5-3-8-18-10-13/h3,5,8,10,12,14H,2,4,6-7,9,11H2,1H3,(H2,17,21). The predicted molar refractivity (Wildman–Crippen MR) is 87.6 cm³/mol. The van der Waals surface area contributed by atoms with Crippen molar-refractivity contribution in [2.75, 3.05) is 6.54 Å². The molecule has 0 radical (unpaired) electrons. The third kappa shape index (κ3) is 4.49. The topological polar surface area (TPSA) is 59.2 Å². The molecule has 0 aliphatic heterocycles. The molecule has 2 N–H and O–H groups in total. The van der Waals surface area contributed by atoms with E-state index in [9.17, 15) is 4.79 Å². The monoisotopic (exact) mass is 305 g/mol. The third-order valence-corrected chi connectivity index (χ3v) is 4.42. The van der Waals surface area contributed by atoms with E-state index >= 15 is 0 Å². The summed E-state index contributed by atoms with van der Waals surface area (Å²) in [5.41, 5.74) is 6.64. The van der Waals surface area contributed by atoms with E-state index in [-0.39, 0.29) is 11.8 Å². The summed E-state index contributed by atoms with van der Waals surface area (Å²) in [6.45, 7) is 3.34. The molecule has 2 atom stereocenters. The summed E-state index contributed by atoms with van der Waals surface area (Å²) in [5, 5.41) is 0. The highest BCUT2D eigenvalue weighted by molar-refractivity contribution is 7.80. The first kappa shape index (κ1) is 15.9. The number of carbonyl (C=O) groups is 1. The minimum absolute atomic E-state index is 0.146. The van der Waals surface area contributed by atoms with E-state index in [2.05, 4.69) is 11.9 Å². The van der Waals surface area contributed by atoms with E-state index in [4.69, 9.17) is 18.0 Å². The Labute approximate surface area is 131 Å². The Balaban J connectivity index is 2.07. The summed E-state index contributed by atoms with van der Waals surface area (Å²) in [6.07, 6.45) is 7.40. The van der Waals surface area contributed by atoms with Crippen LogP contribution in [0.15, 0.2) is 24.5 Å². The maximum atomic E-state index is 12.8. The lowest BCUT2D eigenvalue weighted by Crippen LogP contribution is -2.38. The van der Waals surface area contributed by atoms with Gasteiger partial charge in [0.2, 0.25) is 5.91 Å². The quantitative estimate of drug-likeness (QED) is 0.821. The van der Waals surface area contributed by atoms with Crippen LogP contribution < -0.4 is 5.73 Å². The number of thiocarbonyl (C=S) groups is 1. The maximum absolute atomic E-state index is 12.8. The Kier molecular flexibility index (Phi) is 5.67. The number of nitrogens with two attached hydrogens (primary N) is 1. The second kappa shape index (κ2) is 7.50. The summed E-state index contributed by atoms with van der Waals surface area (Å²) in [4.78, 5) is 19.3. The van der Waals surface area contributed by atoms with Crippen molar-refractivity contribution < 1.29 is 4.79 Å². The van der Waals surface area contributed by atoms with Crippen molar-refractivity contribution in [1.82, 2.24) is 9.88 Å². The van der Waals surface area contributed by atoms with Crippen molar-refractivity contribution in [3.05, 3.63) is 30.1 Å². The zero-order valence-electron chi connectivity index (χ0n) is 12.5. The summed E-state index contributed by atoms with van der Waals surface area (Å²) < 4.78 is 0. The molecule has 4 nitrogen and oxygen atoms in total. The largest absolute Gasteiger partial charge is 0.393 e. The summed E-state index contributed by atoms with van der Waals surface area (Å²) in [5.74, 6) is 0.854. The van der Waals surface area contributed by atoms with Crippen LogP contribution >= 0.6 is 12.2 Å². The Bertz CT molecular complexity index is 492. The van der Waals surface area contributed by atoms with E-state index in [0.717, 1.165) is 24.8 Å². The summed E-state index contributed by atoms with van der Waals surface area (Å²) in [7, 11) is 0. The molecule has 1 aliphatic rings. The second-order valence-electron chi connectivity index (χ2n) is 5.85. The van der Waals surface area contributed by atoms with Crippen molar-refractivity contribution in [1.29, 1.82) is 0 Å².